The van der Waals surface area contributed by atoms with Crippen LogP contribution in [0, 0.1) is 10.4 Å². The van der Waals surface area contributed by atoms with Crippen LogP contribution in [0.4, 0.5) is 21.9 Å². The molecular weight excluding hydrogens is 412 g/mol. The number of benzene rings is 3. The monoisotopic (exact) mass is 427 g/mol. The summed E-state index contributed by atoms with van der Waals surface area (Å²) in [6.45, 7) is 0. The topological polar surface area (TPSA) is 166 Å². The van der Waals surface area contributed by atoms with E-state index in [9.17, 15) is 23.6 Å². The lowest BCUT2D eigenvalue weighted by molar-refractivity contribution is -0.449. The van der Waals surface area contributed by atoms with Gasteiger partial charge in [0.05, 0.1) is 4.90 Å². The Morgan fingerprint density at radius 3 is 2.60 bits per heavy atom. The molecule has 1 unspecified atom stereocenters. The van der Waals surface area contributed by atoms with Crippen LogP contribution in [0.3, 0.4) is 0 Å². The molecule has 1 heterocycles. The molecule has 2 amide bonds. The molecule has 0 aromatic heterocycles. The first kappa shape index (κ1) is 19.6. The maximum absolute atomic E-state index is 12.4. The summed E-state index contributed by atoms with van der Waals surface area (Å²) < 4.78 is 23.1. The van der Waals surface area contributed by atoms with Crippen molar-refractivity contribution in [3.05, 3.63) is 71.1 Å². The van der Waals surface area contributed by atoms with E-state index in [0.717, 1.165) is 5.39 Å². The van der Waals surface area contributed by atoms with Crippen molar-refractivity contribution in [3.63, 3.8) is 0 Å². The van der Waals surface area contributed by atoms with E-state index in [0.29, 0.717) is 16.1 Å². The van der Waals surface area contributed by atoms with Crippen LogP contribution in [0.5, 0.6) is 0 Å². The molecule has 1 aliphatic heterocycles. The minimum Gasteiger partial charge on any atom is -0.755 e. The van der Waals surface area contributed by atoms with Crippen molar-refractivity contribution in [2.45, 2.75) is 11.2 Å². The highest BCUT2D eigenvalue weighted by molar-refractivity contribution is 7.89. The highest BCUT2D eigenvalue weighted by atomic mass is 32.2. The first-order valence-electron chi connectivity index (χ1n) is 8.60. The van der Waals surface area contributed by atoms with Gasteiger partial charge < -0.3 is 20.8 Å². The third kappa shape index (κ3) is 3.74. The van der Waals surface area contributed by atoms with Crippen LogP contribution in [0.2, 0.25) is 0 Å². The molecular formula is C18H15N6O5S-. The zero-order chi connectivity index (χ0) is 21.5. The van der Waals surface area contributed by atoms with Crippen LogP contribution < -0.4 is 20.8 Å². The molecule has 0 saturated carbocycles. The number of nitrogens with two attached hydrogens (primary N) is 1. The fourth-order valence-electron chi connectivity index (χ4n) is 3.00. The van der Waals surface area contributed by atoms with E-state index < -0.39 is 22.3 Å². The predicted octanol–water partition coefficient (Wildman–Crippen LogP) is 2.50. The number of nitrogens with zero attached hydrogens (tertiary/aromatic N) is 3. The van der Waals surface area contributed by atoms with Crippen LogP contribution in [-0.4, -0.2) is 25.6 Å². The third-order valence-electron chi connectivity index (χ3n) is 4.42. The van der Waals surface area contributed by atoms with Gasteiger partial charge >= 0.3 is 6.03 Å². The van der Waals surface area contributed by atoms with Gasteiger partial charge in [0.2, 0.25) is 10.0 Å². The molecule has 11 nitrogen and oxygen atoms in total. The number of rotatable bonds is 3. The van der Waals surface area contributed by atoms with Gasteiger partial charge in [-0.05, 0) is 46.0 Å². The molecule has 4 rings (SSSR count). The molecule has 154 valence electrons. The second-order valence-electron chi connectivity index (χ2n) is 6.44. The predicted molar refractivity (Wildman–Crippen MR) is 109 cm³/mol. The Balaban J connectivity index is 1.53. The van der Waals surface area contributed by atoms with Gasteiger partial charge in [0, 0.05) is 16.9 Å². The number of sulfonamides is 1. The van der Waals surface area contributed by atoms with Crippen molar-refractivity contribution in [3.8, 4) is 0 Å². The molecule has 0 fully saturated rings. The third-order valence-corrected chi connectivity index (χ3v) is 5.33. The SMILES string of the molecule is NS(=O)(=O)c1ccc2ccc(NC(=O)NC3N=[N+]([O-])c4ccccc4N3[O-])cc2c1. The maximum Gasteiger partial charge on any atom is 0.322 e. The number of hydrogen-bond donors (Lipinski definition) is 3. The number of carbonyl (C=O) groups excluding carboxylic acids is 1. The molecule has 3 aromatic carbocycles. The van der Waals surface area contributed by atoms with Crippen LogP contribution in [-0.2, 0) is 10.0 Å². The van der Waals surface area contributed by atoms with Crippen LogP contribution in [0.25, 0.3) is 10.8 Å². The molecule has 30 heavy (non-hydrogen) atoms. The van der Waals surface area contributed by atoms with Crippen LogP contribution >= 0.6 is 0 Å². The van der Waals surface area contributed by atoms with Gasteiger partial charge in [0.1, 0.15) is 5.69 Å². The van der Waals surface area contributed by atoms with E-state index in [1.54, 1.807) is 36.4 Å². The molecule has 0 bridgehead atoms. The van der Waals surface area contributed by atoms with Gasteiger partial charge in [-0.3, -0.25) is 5.32 Å². The van der Waals surface area contributed by atoms with E-state index in [-0.39, 0.29) is 21.1 Å². The average Bonchev–Trinajstić information content (AvgIpc) is 2.70. The summed E-state index contributed by atoms with van der Waals surface area (Å²) >= 11 is 0. The van der Waals surface area contributed by atoms with E-state index in [4.69, 9.17) is 5.14 Å². The number of urea groups is 1. The Bertz CT molecular complexity index is 1290. The van der Waals surface area contributed by atoms with Gasteiger partial charge in [-0.2, -0.15) is 0 Å². The number of primary sulfonamides is 1. The van der Waals surface area contributed by atoms with Crippen molar-refractivity contribution < 1.29 is 18.1 Å². The Hall–Kier alpha value is -3.74. The maximum atomic E-state index is 12.4. The van der Waals surface area contributed by atoms with Crippen molar-refractivity contribution in [2.24, 2.45) is 10.3 Å². The molecule has 4 N–H and O–H groups in total. The second-order valence-corrected chi connectivity index (χ2v) is 8.01. The molecule has 0 aliphatic carbocycles. The summed E-state index contributed by atoms with van der Waals surface area (Å²) in [6, 6.07) is 14.5. The first-order chi connectivity index (χ1) is 14.2. The normalized spacial score (nSPS) is 16.0. The van der Waals surface area contributed by atoms with Crippen molar-refractivity contribution in [2.75, 3.05) is 10.4 Å². The molecule has 0 radical (unpaired) electrons. The number of nitrogens with one attached hydrogen (secondary N) is 2. The zero-order valence-electron chi connectivity index (χ0n) is 15.2. The molecule has 0 saturated heterocycles. The fourth-order valence-corrected chi connectivity index (χ4v) is 3.55. The van der Waals surface area contributed by atoms with Gasteiger partial charge in [0.25, 0.3) is 12.0 Å². The summed E-state index contributed by atoms with van der Waals surface area (Å²) in [5, 5.41) is 39.7. The molecule has 12 heteroatoms. The lowest BCUT2D eigenvalue weighted by Gasteiger charge is -2.37. The van der Waals surface area contributed by atoms with E-state index in [1.165, 1.54) is 24.3 Å². The average molecular weight is 427 g/mol. The number of fused-ring (bicyclic) bond motifs is 2. The standard InChI is InChI=1S/C18H15N6O5S/c19-30(28,29)14-8-6-11-5-7-13(9-12(11)10-14)20-18(25)21-17-22-24(27)16-4-2-1-3-15(16)23(17)26/h1-10,17H,(H2,19,28,29)(H2,20,21,25)/q-1. The van der Waals surface area contributed by atoms with E-state index in [2.05, 4.69) is 15.7 Å². The number of azo groups is 1. The van der Waals surface area contributed by atoms with Crippen molar-refractivity contribution in [1.82, 2.24) is 5.32 Å². The summed E-state index contributed by atoms with van der Waals surface area (Å²) in [6.07, 6.45) is -1.45. The van der Waals surface area contributed by atoms with Crippen molar-refractivity contribution in [1.29, 1.82) is 0 Å². The molecule has 0 spiro atoms. The minimum atomic E-state index is -3.87. The summed E-state index contributed by atoms with van der Waals surface area (Å²) in [5.74, 6) is 0. The lowest BCUT2D eigenvalue weighted by atomic mass is 10.1. The smallest absolute Gasteiger partial charge is 0.322 e. The quantitative estimate of drug-likeness (QED) is 0.429. The van der Waals surface area contributed by atoms with Gasteiger partial charge in [-0.25, -0.2) is 18.4 Å². The number of anilines is 2. The number of hydroxylamine groups is 1. The van der Waals surface area contributed by atoms with Gasteiger partial charge in [0.15, 0.2) is 0 Å². The van der Waals surface area contributed by atoms with E-state index >= 15 is 0 Å². The molecule has 1 aliphatic rings. The number of hydrogen-bond acceptors (Lipinski definition) is 7. The van der Waals surface area contributed by atoms with Gasteiger partial charge in [-0.1, -0.05) is 24.3 Å². The largest absolute Gasteiger partial charge is 0.755 e. The minimum absolute atomic E-state index is 0.0613. The molecule has 1 atom stereocenters. The highest BCUT2D eigenvalue weighted by Gasteiger charge is 2.27. The zero-order valence-corrected chi connectivity index (χ0v) is 16.0. The van der Waals surface area contributed by atoms with Crippen LogP contribution in [0.15, 0.2) is 70.7 Å². The van der Waals surface area contributed by atoms with Crippen LogP contribution in [0.1, 0.15) is 0 Å². The lowest BCUT2D eigenvalue weighted by Crippen LogP contribution is -2.48. The summed E-state index contributed by atoms with van der Waals surface area (Å²) in [7, 11) is -3.87. The Labute approximate surface area is 170 Å². The second kappa shape index (κ2) is 7.26. The van der Waals surface area contributed by atoms with Crippen molar-refractivity contribution >= 4 is 43.9 Å². The summed E-state index contributed by atoms with van der Waals surface area (Å²) in [5.41, 5.74) is 0.486. The number of carbonyl (C=O) groups is 1. The number of para-hydroxylation sites is 2. The van der Waals surface area contributed by atoms with E-state index in [1.807, 2.05) is 0 Å². The highest BCUT2D eigenvalue weighted by Crippen LogP contribution is 2.32. The Kier molecular flexibility index (Phi) is 4.73. The van der Waals surface area contributed by atoms with Gasteiger partial charge in [-0.15, -0.1) is 0 Å². The first-order valence-corrected chi connectivity index (χ1v) is 10.1. The summed E-state index contributed by atoms with van der Waals surface area (Å²) in [4.78, 5) is 12.5. The Morgan fingerprint density at radius 2 is 1.83 bits per heavy atom. The number of amides is 2. The Morgan fingerprint density at radius 1 is 1.10 bits per heavy atom. The fraction of sp³-hybridized carbons (Fsp3) is 0.0556. The molecule has 3 aromatic rings.